The van der Waals surface area contributed by atoms with Crippen LogP contribution in [-0.4, -0.2) is 39.7 Å². The molecular formula is C31H31N3O6S. The lowest BCUT2D eigenvalue weighted by Gasteiger charge is -2.24. The van der Waals surface area contributed by atoms with Crippen LogP contribution in [0.25, 0.3) is 10.8 Å². The van der Waals surface area contributed by atoms with E-state index in [2.05, 4.69) is 10.6 Å². The van der Waals surface area contributed by atoms with Gasteiger partial charge in [0.05, 0.1) is 29.9 Å². The summed E-state index contributed by atoms with van der Waals surface area (Å²) in [6.07, 6.45) is 0. The van der Waals surface area contributed by atoms with Gasteiger partial charge in [-0.3, -0.25) is 14.4 Å². The van der Waals surface area contributed by atoms with E-state index in [0.717, 1.165) is 10.9 Å². The van der Waals surface area contributed by atoms with Crippen LogP contribution >= 0.6 is 0 Å². The van der Waals surface area contributed by atoms with Crippen molar-refractivity contribution in [1.29, 1.82) is 0 Å². The number of fused-ring (bicyclic) bond motifs is 1. The van der Waals surface area contributed by atoms with E-state index < -0.39 is 34.2 Å². The Morgan fingerprint density at radius 1 is 0.829 bits per heavy atom. The van der Waals surface area contributed by atoms with Gasteiger partial charge in [0, 0.05) is 5.56 Å². The molecule has 0 saturated heterocycles. The maximum Gasteiger partial charge on any atom is 0.296 e. The largest absolute Gasteiger partial charge is 0.492 e. The zero-order valence-electron chi connectivity index (χ0n) is 23.1. The van der Waals surface area contributed by atoms with Crippen LogP contribution in [0.15, 0.2) is 89.8 Å². The zero-order chi connectivity index (χ0) is 29.8. The molecule has 212 valence electrons. The van der Waals surface area contributed by atoms with E-state index in [-0.39, 0.29) is 27.3 Å². The molecule has 0 radical (unpaired) electrons. The second-order valence-corrected chi connectivity index (χ2v) is 12.0. The molecule has 9 nitrogen and oxygen atoms in total. The van der Waals surface area contributed by atoms with Crippen LogP contribution in [0.2, 0.25) is 0 Å². The molecule has 4 aromatic carbocycles. The normalized spacial score (nSPS) is 11.5. The average molecular weight is 574 g/mol. The predicted molar refractivity (Wildman–Crippen MR) is 159 cm³/mol. The number of amides is 2. The fourth-order valence-corrected chi connectivity index (χ4v) is 5.26. The molecule has 4 aromatic rings. The first kappa shape index (κ1) is 29.3. The molecule has 0 aliphatic rings. The lowest BCUT2D eigenvalue weighted by Crippen LogP contribution is -2.35. The van der Waals surface area contributed by atoms with E-state index in [1.165, 1.54) is 19.2 Å². The Balaban J connectivity index is 1.60. The third-order valence-electron chi connectivity index (χ3n) is 6.39. The van der Waals surface area contributed by atoms with Crippen LogP contribution in [0.1, 0.15) is 36.7 Å². The molecule has 0 spiro atoms. The molecule has 0 aliphatic heterocycles. The number of ether oxygens (including phenoxy) is 1. The van der Waals surface area contributed by atoms with E-state index in [1.807, 2.05) is 43.7 Å². The molecule has 0 fully saturated rings. The monoisotopic (exact) mass is 573 g/mol. The first-order valence-corrected chi connectivity index (χ1v) is 14.3. The van der Waals surface area contributed by atoms with Crippen molar-refractivity contribution in [3.05, 3.63) is 96.1 Å². The molecule has 0 heterocycles. The Morgan fingerprint density at radius 3 is 2.15 bits per heavy atom. The van der Waals surface area contributed by atoms with Gasteiger partial charge in [-0.25, -0.2) is 13.1 Å². The van der Waals surface area contributed by atoms with Gasteiger partial charge in [0.25, 0.3) is 27.6 Å². The summed E-state index contributed by atoms with van der Waals surface area (Å²) in [6, 6.07) is 23.5. The van der Waals surface area contributed by atoms with Gasteiger partial charge in [0.1, 0.15) is 0 Å². The number of benzene rings is 4. The van der Waals surface area contributed by atoms with Crippen LogP contribution in [0.3, 0.4) is 0 Å². The maximum atomic E-state index is 13.2. The minimum Gasteiger partial charge on any atom is -0.492 e. The summed E-state index contributed by atoms with van der Waals surface area (Å²) in [5.41, 5.74) is 1.20. The van der Waals surface area contributed by atoms with Crippen molar-refractivity contribution < 1.29 is 27.5 Å². The summed E-state index contributed by atoms with van der Waals surface area (Å²) in [5, 5.41) is 7.07. The molecule has 0 atom stereocenters. The molecule has 0 bridgehead atoms. The SMILES string of the molecule is COc1c(NCC(=O)NS(=O)(=O)c2ccccc2)cc(C(C)(C)C)cc1NC(=O)C(=O)c1cccc2ccccc12. The molecule has 0 aliphatic carbocycles. The number of sulfonamides is 1. The summed E-state index contributed by atoms with van der Waals surface area (Å²) < 4.78 is 32.7. The summed E-state index contributed by atoms with van der Waals surface area (Å²) in [5.74, 6) is -2.20. The first-order valence-electron chi connectivity index (χ1n) is 12.8. The molecule has 4 rings (SSSR count). The summed E-state index contributed by atoms with van der Waals surface area (Å²) in [7, 11) is -2.66. The molecule has 0 unspecified atom stereocenters. The Labute approximate surface area is 239 Å². The third kappa shape index (κ3) is 6.72. The minimum atomic E-state index is -4.05. The van der Waals surface area contributed by atoms with Gasteiger partial charge >= 0.3 is 0 Å². The summed E-state index contributed by atoms with van der Waals surface area (Å²) in [4.78, 5) is 39.0. The van der Waals surface area contributed by atoms with Crippen LogP contribution in [0.5, 0.6) is 5.75 Å². The van der Waals surface area contributed by atoms with E-state index in [1.54, 1.807) is 54.6 Å². The van der Waals surface area contributed by atoms with Crippen LogP contribution in [0, 0.1) is 0 Å². The maximum absolute atomic E-state index is 13.2. The Morgan fingerprint density at radius 2 is 1.46 bits per heavy atom. The van der Waals surface area contributed by atoms with Crippen LogP contribution < -0.4 is 20.1 Å². The minimum absolute atomic E-state index is 0.0403. The van der Waals surface area contributed by atoms with Gasteiger partial charge in [-0.15, -0.1) is 0 Å². The number of ketones is 1. The number of nitrogens with one attached hydrogen (secondary N) is 3. The average Bonchev–Trinajstić information content (AvgIpc) is 2.94. The standard InChI is InChI=1S/C31H31N3O6S/c1-31(2,3)21-17-25(32-19-27(35)34-41(38,39)22-13-6-5-7-14-22)29(40-4)26(18-21)33-30(37)28(36)24-16-10-12-20-11-8-9-15-23(20)24/h5-18,32H,19H2,1-4H3,(H,33,37)(H,34,35). The van der Waals surface area contributed by atoms with E-state index in [0.29, 0.717) is 11.1 Å². The van der Waals surface area contributed by atoms with Gasteiger partial charge in [0.2, 0.25) is 0 Å². The number of Topliss-reactive ketones (excluding diaryl/α,β-unsaturated/α-hetero) is 1. The number of hydrogen-bond acceptors (Lipinski definition) is 7. The fraction of sp³-hybridized carbons (Fsp3) is 0.194. The van der Waals surface area contributed by atoms with E-state index in [9.17, 15) is 22.8 Å². The lowest BCUT2D eigenvalue weighted by molar-refractivity contribution is -0.117. The highest BCUT2D eigenvalue weighted by Gasteiger charge is 2.25. The lowest BCUT2D eigenvalue weighted by atomic mass is 9.86. The third-order valence-corrected chi connectivity index (χ3v) is 7.78. The molecule has 10 heteroatoms. The van der Waals surface area contributed by atoms with E-state index >= 15 is 0 Å². The predicted octanol–water partition coefficient (Wildman–Crippen LogP) is 4.88. The molecule has 0 saturated carbocycles. The van der Waals surface area contributed by atoms with Crippen molar-refractivity contribution in [2.24, 2.45) is 0 Å². The van der Waals surface area contributed by atoms with Crippen molar-refractivity contribution in [3.8, 4) is 5.75 Å². The van der Waals surface area contributed by atoms with Gasteiger partial charge < -0.3 is 15.4 Å². The number of methoxy groups -OCH3 is 1. The van der Waals surface area contributed by atoms with E-state index in [4.69, 9.17) is 4.74 Å². The number of carbonyl (C=O) groups excluding carboxylic acids is 3. The first-order chi connectivity index (χ1) is 19.4. The Kier molecular flexibility index (Phi) is 8.44. The van der Waals surface area contributed by atoms with Crippen molar-refractivity contribution in [2.45, 2.75) is 31.1 Å². The van der Waals surface area contributed by atoms with Crippen LogP contribution in [-0.2, 0) is 25.0 Å². The molecule has 2 amide bonds. The molecule has 3 N–H and O–H groups in total. The van der Waals surface area contributed by atoms with Crippen molar-refractivity contribution in [1.82, 2.24) is 4.72 Å². The van der Waals surface area contributed by atoms with Crippen molar-refractivity contribution in [3.63, 3.8) is 0 Å². The highest BCUT2D eigenvalue weighted by molar-refractivity contribution is 7.90. The van der Waals surface area contributed by atoms with Crippen molar-refractivity contribution >= 4 is 49.8 Å². The Bertz CT molecular complexity index is 1720. The van der Waals surface area contributed by atoms with Gasteiger partial charge in [0.15, 0.2) is 5.75 Å². The van der Waals surface area contributed by atoms with Crippen molar-refractivity contribution in [2.75, 3.05) is 24.3 Å². The number of anilines is 2. The van der Waals surface area contributed by atoms with Gasteiger partial charge in [-0.2, -0.15) is 0 Å². The highest BCUT2D eigenvalue weighted by Crippen LogP contribution is 2.38. The summed E-state index contributed by atoms with van der Waals surface area (Å²) in [6.45, 7) is 5.48. The smallest absolute Gasteiger partial charge is 0.296 e. The number of rotatable bonds is 9. The molecule has 41 heavy (non-hydrogen) atoms. The topological polar surface area (TPSA) is 131 Å². The summed E-state index contributed by atoms with van der Waals surface area (Å²) >= 11 is 0. The number of hydrogen-bond donors (Lipinski definition) is 3. The quantitative estimate of drug-likeness (QED) is 0.192. The number of carbonyl (C=O) groups is 3. The van der Waals surface area contributed by atoms with Crippen LogP contribution in [0.4, 0.5) is 11.4 Å². The van der Waals surface area contributed by atoms with Gasteiger partial charge in [-0.05, 0) is 46.0 Å². The second kappa shape index (κ2) is 11.8. The van der Waals surface area contributed by atoms with Gasteiger partial charge in [-0.1, -0.05) is 81.4 Å². The highest BCUT2D eigenvalue weighted by atomic mass is 32.2. The zero-order valence-corrected chi connectivity index (χ0v) is 24.0. The Hall–Kier alpha value is -4.70. The fourth-order valence-electron chi connectivity index (χ4n) is 4.25. The second-order valence-electron chi connectivity index (χ2n) is 10.4. The molecular weight excluding hydrogens is 542 g/mol. The molecule has 0 aromatic heterocycles.